The lowest BCUT2D eigenvalue weighted by atomic mass is 10.0. The zero-order chi connectivity index (χ0) is 17.6. The highest BCUT2D eigenvalue weighted by molar-refractivity contribution is 7.89. The fourth-order valence-corrected chi connectivity index (χ4v) is 5.36. The Hall–Kier alpha value is -1.74. The van der Waals surface area contributed by atoms with E-state index >= 15 is 0 Å². The summed E-state index contributed by atoms with van der Waals surface area (Å²) < 4.78 is 32.2. The van der Waals surface area contributed by atoms with E-state index in [1.54, 1.807) is 19.1 Å². The molecule has 0 atom stereocenters. The molecule has 3 heterocycles. The van der Waals surface area contributed by atoms with Crippen LogP contribution < -0.4 is 0 Å². The molecular formula is C16H14ClN3O3S2. The lowest BCUT2D eigenvalue weighted by molar-refractivity contribution is 0.216. The van der Waals surface area contributed by atoms with Crippen LogP contribution in [-0.4, -0.2) is 36.0 Å². The van der Waals surface area contributed by atoms with Crippen LogP contribution in [-0.2, 0) is 10.0 Å². The zero-order valence-corrected chi connectivity index (χ0v) is 15.6. The molecule has 1 aliphatic rings. The molecule has 6 nitrogen and oxygen atoms in total. The summed E-state index contributed by atoms with van der Waals surface area (Å²) in [6, 6.07) is 8.71. The summed E-state index contributed by atoms with van der Waals surface area (Å²) in [7, 11) is -3.57. The van der Waals surface area contributed by atoms with Crippen molar-refractivity contribution in [3.05, 3.63) is 52.2 Å². The Labute approximate surface area is 154 Å². The van der Waals surface area contributed by atoms with Crippen molar-refractivity contribution in [3.63, 3.8) is 0 Å². The highest BCUT2D eigenvalue weighted by Gasteiger charge is 2.41. The van der Waals surface area contributed by atoms with E-state index in [1.165, 1.54) is 21.7 Å². The quantitative estimate of drug-likeness (QED) is 0.675. The third-order valence-corrected chi connectivity index (χ3v) is 7.22. The van der Waals surface area contributed by atoms with Crippen LogP contribution in [0.3, 0.4) is 0 Å². The largest absolute Gasteiger partial charge is 0.339 e. The van der Waals surface area contributed by atoms with Crippen LogP contribution in [0.25, 0.3) is 10.7 Å². The van der Waals surface area contributed by atoms with Gasteiger partial charge in [-0.05, 0) is 36.1 Å². The molecule has 2 aromatic heterocycles. The molecule has 9 heteroatoms. The van der Waals surface area contributed by atoms with E-state index in [1.807, 2.05) is 17.5 Å². The zero-order valence-electron chi connectivity index (χ0n) is 13.2. The van der Waals surface area contributed by atoms with Gasteiger partial charge in [-0.3, -0.25) is 0 Å². The van der Waals surface area contributed by atoms with Gasteiger partial charge in [-0.1, -0.05) is 28.9 Å². The third kappa shape index (κ3) is 2.99. The first-order valence-corrected chi connectivity index (χ1v) is 10.3. The Kier molecular flexibility index (Phi) is 4.15. The highest BCUT2D eigenvalue weighted by atomic mass is 35.5. The molecule has 0 amide bonds. The van der Waals surface area contributed by atoms with Crippen molar-refractivity contribution >= 4 is 33.0 Å². The second-order valence-electron chi connectivity index (χ2n) is 5.86. The van der Waals surface area contributed by atoms with Gasteiger partial charge in [0.25, 0.3) is 0 Å². The molecule has 0 spiro atoms. The first kappa shape index (κ1) is 16.7. The molecular weight excluding hydrogens is 382 g/mol. The van der Waals surface area contributed by atoms with Crippen molar-refractivity contribution in [1.82, 2.24) is 14.4 Å². The maximum absolute atomic E-state index is 12.8. The van der Waals surface area contributed by atoms with Crippen LogP contribution in [0.2, 0.25) is 5.02 Å². The molecule has 1 aromatic carbocycles. The molecule has 130 valence electrons. The molecule has 4 rings (SSSR count). The third-order valence-electron chi connectivity index (χ3n) is 4.15. The number of aryl methyl sites for hydroxylation is 1. The van der Waals surface area contributed by atoms with Crippen LogP contribution in [0, 0.1) is 6.92 Å². The second kappa shape index (κ2) is 6.21. The van der Waals surface area contributed by atoms with Crippen molar-refractivity contribution in [2.24, 2.45) is 0 Å². The van der Waals surface area contributed by atoms with Gasteiger partial charge >= 0.3 is 0 Å². The fourth-order valence-electron chi connectivity index (χ4n) is 2.69. The van der Waals surface area contributed by atoms with Crippen LogP contribution in [0.15, 0.2) is 45.1 Å². The molecule has 0 bridgehead atoms. The van der Waals surface area contributed by atoms with Gasteiger partial charge in [0.05, 0.1) is 15.7 Å². The minimum atomic E-state index is -3.57. The first-order valence-electron chi connectivity index (χ1n) is 7.59. The van der Waals surface area contributed by atoms with Gasteiger partial charge in [0.15, 0.2) is 0 Å². The highest BCUT2D eigenvalue weighted by Crippen LogP contribution is 2.34. The Morgan fingerprint density at radius 2 is 2.12 bits per heavy atom. The van der Waals surface area contributed by atoms with Gasteiger partial charge in [0.1, 0.15) is 0 Å². The summed E-state index contributed by atoms with van der Waals surface area (Å²) in [6.07, 6.45) is 0. The molecule has 3 aromatic rings. The molecule has 1 fully saturated rings. The van der Waals surface area contributed by atoms with Gasteiger partial charge < -0.3 is 4.52 Å². The standard InChI is InChI=1S/C16H14ClN3O3S2/c1-10-4-5-12(17)7-14(10)25(21,22)20-8-11(9-20)16-18-15(19-23-16)13-3-2-6-24-13/h2-7,11H,8-9H2,1H3. The molecule has 0 saturated carbocycles. The molecule has 1 saturated heterocycles. The first-order chi connectivity index (χ1) is 11.9. The molecule has 0 N–H and O–H groups in total. The van der Waals surface area contributed by atoms with Crippen molar-refractivity contribution in [2.75, 3.05) is 13.1 Å². The SMILES string of the molecule is Cc1ccc(Cl)cc1S(=O)(=O)N1CC(c2nc(-c3cccs3)no2)C1. The van der Waals surface area contributed by atoms with E-state index in [2.05, 4.69) is 10.1 Å². The monoisotopic (exact) mass is 395 g/mol. The summed E-state index contributed by atoms with van der Waals surface area (Å²) in [6.45, 7) is 2.40. The lowest BCUT2D eigenvalue weighted by Crippen LogP contribution is -2.48. The van der Waals surface area contributed by atoms with E-state index in [0.29, 0.717) is 35.4 Å². The number of aromatic nitrogens is 2. The average molecular weight is 396 g/mol. The summed E-state index contributed by atoms with van der Waals surface area (Å²) in [5, 5.41) is 6.31. The topological polar surface area (TPSA) is 76.3 Å². The number of sulfonamides is 1. The maximum atomic E-state index is 12.8. The molecule has 0 aliphatic carbocycles. The Morgan fingerprint density at radius 3 is 2.84 bits per heavy atom. The van der Waals surface area contributed by atoms with Gasteiger partial charge in [0.2, 0.25) is 21.7 Å². The van der Waals surface area contributed by atoms with Gasteiger partial charge in [-0.2, -0.15) is 9.29 Å². The lowest BCUT2D eigenvalue weighted by Gasteiger charge is -2.36. The van der Waals surface area contributed by atoms with E-state index in [0.717, 1.165) is 4.88 Å². The predicted octanol–water partition coefficient (Wildman–Crippen LogP) is 3.55. The van der Waals surface area contributed by atoms with Crippen LogP contribution in [0.1, 0.15) is 17.4 Å². The van der Waals surface area contributed by atoms with Crippen molar-refractivity contribution < 1.29 is 12.9 Å². The number of hydrogen-bond acceptors (Lipinski definition) is 6. The van der Waals surface area contributed by atoms with Gasteiger partial charge in [-0.15, -0.1) is 11.3 Å². The van der Waals surface area contributed by atoms with Crippen LogP contribution >= 0.6 is 22.9 Å². The number of halogens is 1. The minimum absolute atomic E-state index is 0.0875. The van der Waals surface area contributed by atoms with E-state index < -0.39 is 10.0 Å². The predicted molar refractivity (Wildman–Crippen MR) is 95.3 cm³/mol. The van der Waals surface area contributed by atoms with Gasteiger partial charge in [-0.25, -0.2) is 8.42 Å². The normalized spacial score (nSPS) is 16.1. The van der Waals surface area contributed by atoms with Crippen molar-refractivity contribution in [3.8, 4) is 10.7 Å². The molecule has 25 heavy (non-hydrogen) atoms. The number of rotatable bonds is 4. The maximum Gasteiger partial charge on any atom is 0.243 e. The number of benzene rings is 1. The summed E-state index contributed by atoms with van der Waals surface area (Å²) in [5.74, 6) is 0.921. The summed E-state index contributed by atoms with van der Waals surface area (Å²) >= 11 is 7.48. The van der Waals surface area contributed by atoms with Crippen LogP contribution in [0.5, 0.6) is 0 Å². The molecule has 0 radical (unpaired) electrons. The average Bonchev–Trinajstić information content (AvgIpc) is 3.18. The molecule has 0 unspecified atom stereocenters. The van der Waals surface area contributed by atoms with E-state index in [9.17, 15) is 8.42 Å². The Bertz CT molecular complexity index is 1010. The smallest absolute Gasteiger partial charge is 0.243 e. The number of nitrogens with zero attached hydrogens (tertiary/aromatic N) is 3. The van der Waals surface area contributed by atoms with Gasteiger partial charge in [0, 0.05) is 18.1 Å². The fraction of sp³-hybridized carbons (Fsp3) is 0.250. The summed E-state index contributed by atoms with van der Waals surface area (Å²) in [5.41, 5.74) is 0.672. The van der Waals surface area contributed by atoms with Crippen molar-refractivity contribution in [1.29, 1.82) is 0 Å². The Morgan fingerprint density at radius 1 is 1.32 bits per heavy atom. The second-order valence-corrected chi connectivity index (χ2v) is 9.15. The van der Waals surface area contributed by atoms with E-state index in [-0.39, 0.29) is 10.8 Å². The van der Waals surface area contributed by atoms with Crippen molar-refractivity contribution in [2.45, 2.75) is 17.7 Å². The molecule has 1 aliphatic heterocycles. The van der Waals surface area contributed by atoms with Crippen LogP contribution in [0.4, 0.5) is 0 Å². The van der Waals surface area contributed by atoms with E-state index in [4.69, 9.17) is 16.1 Å². The number of hydrogen-bond donors (Lipinski definition) is 0. The summed E-state index contributed by atoms with van der Waals surface area (Å²) in [4.78, 5) is 5.55. The number of thiophene rings is 1. The minimum Gasteiger partial charge on any atom is -0.339 e. The Balaban J connectivity index is 1.51.